The number of thiazole rings is 1. The van der Waals surface area contributed by atoms with E-state index in [0.717, 1.165) is 35.7 Å². The zero-order chi connectivity index (χ0) is 14.4. The number of rotatable bonds is 3. The van der Waals surface area contributed by atoms with Gasteiger partial charge in [-0.2, -0.15) is 0 Å². The fourth-order valence-corrected chi connectivity index (χ4v) is 5.62. The molecular weight excluding hydrogens is 282 g/mol. The van der Waals surface area contributed by atoms with E-state index in [1.807, 2.05) is 5.38 Å². The molecule has 2 saturated carbocycles. The van der Waals surface area contributed by atoms with Crippen molar-refractivity contribution in [3.8, 4) is 0 Å². The van der Waals surface area contributed by atoms with Crippen LogP contribution in [0.25, 0.3) is 0 Å². The monoisotopic (exact) mass is 305 g/mol. The van der Waals surface area contributed by atoms with Gasteiger partial charge in [0.2, 0.25) is 0 Å². The number of nitrogens with two attached hydrogens (primary N) is 1. The minimum absolute atomic E-state index is 0.160. The molecule has 5 rings (SSSR count). The molecule has 0 spiro atoms. The van der Waals surface area contributed by atoms with E-state index < -0.39 is 0 Å². The van der Waals surface area contributed by atoms with E-state index in [1.165, 1.54) is 32.1 Å². The van der Waals surface area contributed by atoms with Gasteiger partial charge in [0.25, 0.3) is 5.91 Å². The Morgan fingerprint density at radius 2 is 1.95 bits per heavy atom. The second-order valence-corrected chi connectivity index (χ2v) is 8.00. The highest BCUT2D eigenvalue weighted by Gasteiger charge is 2.44. The summed E-state index contributed by atoms with van der Waals surface area (Å²) in [4.78, 5) is 19.5. The SMILES string of the molecule is NCCc1nc(C(=O)N2CC3CC4CC(C3)CC2C4)cs1. The van der Waals surface area contributed by atoms with Crippen molar-refractivity contribution in [2.75, 3.05) is 13.1 Å². The minimum atomic E-state index is 0.160. The van der Waals surface area contributed by atoms with Gasteiger partial charge in [0.15, 0.2) is 0 Å². The van der Waals surface area contributed by atoms with E-state index in [-0.39, 0.29) is 5.91 Å². The normalized spacial score (nSPS) is 34.2. The van der Waals surface area contributed by atoms with E-state index in [9.17, 15) is 4.79 Å². The van der Waals surface area contributed by atoms with Gasteiger partial charge in [-0.15, -0.1) is 11.3 Å². The van der Waals surface area contributed by atoms with E-state index >= 15 is 0 Å². The van der Waals surface area contributed by atoms with Crippen LogP contribution in [0.2, 0.25) is 0 Å². The Balaban J connectivity index is 1.56. The van der Waals surface area contributed by atoms with Crippen molar-refractivity contribution < 1.29 is 4.79 Å². The lowest BCUT2D eigenvalue weighted by Crippen LogP contribution is -2.42. The summed E-state index contributed by atoms with van der Waals surface area (Å²) in [5, 5.41) is 2.91. The first-order chi connectivity index (χ1) is 10.2. The van der Waals surface area contributed by atoms with Crippen LogP contribution < -0.4 is 5.73 Å². The third-order valence-electron chi connectivity index (χ3n) is 5.50. The number of hydrogen-bond donors (Lipinski definition) is 1. The van der Waals surface area contributed by atoms with Gasteiger partial charge < -0.3 is 10.6 Å². The highest BCUT2D eigenvalue weighted by molar-refractivity contribution is 7.09. The first-order valence-electron chi connectivity index (χ1n) is 8.18. The van der Waals surface area contributed by atoms with Gasteiger partial charge >= 0.3 is 0 Å². The average molecular weight is 305 g/mol. The van der Waals surface area contributed by atoms with Gasteiger partial charge in [0.05, 0.1) is 5.01 Å². The van der Waals surface area contributed by atoms with Gasteiger partial charge in [0, 0.05) is 24.4 Å². The molecule has 1 aromatic heterocycles. The molecule has 2 saturated heterocycles. The molecular formula is C16H23N3OS. The molecule has 21 heavy (non-hydrogen) atoms. The maximum Gasteiger partial charge on any atom is 0.273 e. The molecule has 1 aromatic rings. The lowest BCUT2D eigenvalue weighted by atomic mass is 9.68. The Hall–Kier alpha value is -0.940. The van der Waals surface area contributed by atoms with E-state index in [1.54, 1.807) is 11.3 Å². The Labute approximate surface area is 129 Å². The molecule has 2 unspecified atom stereocenters. The molecule has 4 fully saturated rings. The number of carbonyl (C=O) groups excluding carboxylic acids is 1. The van der Waals surface area contributed by atoms with Crippen molar-refractivity contribution in [2.24, 2.45) is 23.5 Å². The average Bonchev–Trinajstić information content (AvgIpc) is 2.83. The molecule has 4 bridgehead atoms. The molecule has 114 valence electrons. The number of fused-ring (bicyclic) bond motifs is 1. The van der Waals surface area contributed by atoms with Crippen LogP contribution in [-0.4, -0.2) is 34.9 Å². The van der Waals surface area contributed by atoms with Crippen LogP contribution in [0.4, 0.5) is 0 Å². The zero-order valence-corrected chi connectivity index (χ0v) is 13.1. The fraction of sp³-hybridized carbons (Fsp3) is 0.750. The molecule has 5 heteroatoms. The van der Waals surface area contributed by atoms with Crippen LogP contribution in [0.3, 0.4) is 0 Å². The summed E-state index contributed by atoms with van der Waals surface area (Å²) in [5.74, 6) is 2.63. The standard InChI is InChI=1S/C16H23N3OS/c17-2-1-15-18-14(9-21-15)16(20)19-8-12-4-10-3-11(5-12)7-13(19)6-10/h9-13H,1-8,17H2. The molecule has 4 nitrogen and oxygen atoms in total. The predicted molar refractivity (Wildman–Crippen MR) is 83.3 cm³/mol. The highest BCUT2D eigenvalue weighted by atomic mass is 32.1. The maximum absolute atomic E-state index is 12.9. The summed E-state index contributed by atoms with van der Waals surface area (Å²) < 4.78 is 0. The third kappa shape index (κ3) is 2.50. The summed E-state index contributed by atoms with van der Waals surface area (Å²) in [6, 6.07) is 0.466. The number of carbonyl (C=O) groups is 1. The molecule has 4 aliphatic rings. The lowest BCUT2D eigenvalue weighted by Gasteiger charge is -2.38. The smallest absolute Gasteiger partial charge is 0.273 e. The van der Waals surface area contributed by atoms with Crippen molar-refractivity contribution in [1.82, 2.24) is 9.88 Å². The van der Waals surface area contributed by atoms with E-state index in [4.69, 9.17) is 5.73 Å². The number of amides is 1. The van der Waals surface area contributed by atoms with Gasteiger partial charge in [-0.1, -0.05) is 0 Å². The van der Waals surface area contributed by atoms with Crippen LogP contribution in [0.15, 0.2) is 5.38 Å². The van der Waals surface area contributed by atoms with Crippen LogP contribution in [-0.2, 0) is 6.42 Å². The first kappa shape index (κ1) is 13.7. The molecule has 2 atom stereocenters. The molecule has 2 aliphatic heterocycles. The fourth-order valence-electron chi connectivity index (χ4n) is 4.83. The summed E-state index contributed by atoms with van der Waals surface area (Å²) in [7, 11) is 0. The lowest BCUT2D eigenvalue weighted by molar-refractivity contribution is 0.0627. The number of aromatic nitrogens is 1. The first-order valence-corrected chi connectivity index (χ1v) is 9.06. The van der Waals surface area contributed by atoms with Crippen molar-refractivity contribution in [3.05, 3.63) is 16.1 Å². The maximum atomic E-state index is 12.9. The molecule has 0 aromatic carbocycles. The predicted octanol–water partition coefficient (Wildman–Crippen LogP) is 2.29. The number of hydrogen-bond acceptors (Lipinski definition) is 4. The second kappa shape index (κ2) is 5.36. The second-order valence-electron chi connectivity index (χ2n) is 7.05. The highest BCUT2D eigenvalue weighted by Crippen LogP contribution is 2.47. The molecule has 2 aliphatic carbocycles. The minimum Gasteiger partial charge on any atom is -0.334 e. The van der Waals surface area contributed by atoms with Gasteiger partial charge in [-0.3, -0.25) is 4.79 Å². The van der Waals surface area contributed by atoms with Crippen LogP contribution in [0.1, 0.15) is 47.6 Å². The summed E-state index contributed by atoms with van der Waals surface area (Å²) in [6.45, 7) is 1.55. The van der Waals surface area contributed by atoms with Crippen molar-refractivity contribution in [2.45, 2.75) is 44.6 Å². The largest absolute Gasteiger partial charge is 0.334 e. The number of nitrogens with zero attached hydrogens (tertiary/aromatic N) is 2. The Kier molecular flexibility index (Phi) is 3.50. The molecule has 2 N–H and O–H groups in total. The topological polar surface area (TPSA) is 59.2 Å². The van der Waals surface area contributed by atoms with Crippen LogP contribution >= 0.6 is 11.3 Å². The summed E-state index contributed by atoms with van der Waals surface area (Å²) in [6.07, 6.45) is 7.30. The van der Waals surface area contributed by atoms with Gasteiger partial charge in [0.1, 0.15) is 5.69 Å². The Morgan fingerprint density at radius 3 is 2.67 bits per heavy atom. The summed E-state index contributed by atoms with van der Waals surface area (Å²) >= 11 is 1.57. The van der Waals surface area contributed by atoms with Gasteiger partial charge in [-0.25, -0.2) is 4.98 Å². The zero-order valence-electron chi connectivity index (χ0n) is 12.3. The molecule has 3 heterocycles. The van der Waals surface area contributed by atoms with Crippen molar-refractivity contribution >= 4 is 17.2 Å². The Bertz CT molecular complexity index is 529. The van der Waals surface area contributed by atoms with Crippen molar-refractivity contribution in [1.29, 1.82) is 0 Å². The van der Waals surface area contributed by atoms with Crippen LogP contribution in [0.5, 0.6) is 0 Å². The quantitative estimate of drug-likeness (QED) is 0.932. The van der Waals surface area contributed by atoms with Crippen molar-refractivity contribution in [3.63, 3.8) is 0 Å². The van der Waals surface area contributed by atoms with E-state index in [2.05, 4.69) is 9.88 Å². The van der Waals surface area contributed by atoms with Crippen LogP contribution in [0, 0.1) is 17.8 Å². The summed E-state index contributed by atoms with van der Waals surface area (Å²) in [5.41, 5.74) is 6.21. The Morgan fingerprint density at radius 1 is 1.24 bits per heavy atom. The van der Waals surface area contributed by atoms with E-state index in [0.29, 0.717) is 18.3 Å². The molecule has 1 amide bonds. The van der Waals surface area contributed by atoms with Gasteiger partial charge in [-0.05, 0) is 56.4 Å². The molecule has 0 radical (unpaired) electrons. The third-order valence-corrected chi connectivity index (χ3v) is 6.41.